The first-order valence-corrected chi connectivity index (χ1v) is 8.49. The fourth-order valence-electron chi connectivity index (χ4n) is 3.71. The predicted octanol–water partition coefficient (Wildman–Crippen LogP) is 0.921. The van der Waals surface area contributed by atoms with Crippen molar-refractivity contribution in [3.05, 3.63) is 35.4 Å². The molecule has 4 amide bonds. The zero-order valence-corrected chi connectivity index (χ0v) is 14.5. The lowest BCUT2D eigenvalue weighted by atomic mass is 9.76. The molecule has 25 heavy (non-hydrogen) atoms. The lowest BCUT2D eigenvalue weighted by Crippen LogP contribution is -2.48. The van der Waals surface area contributed by atoms with Gasteiger partial charge in [0.25, 0.3) is 5.91 Å². The largest absolute Gasteiger partial charge is 0.383 e. The molecule has 2 N–H and O–H groups in total. The number of aryl methyl sites for hydroxylation is 1. The Morgan fingerprint density at radius 2 is 2.16 bits per heavy atom. The zero-order valence-electron chi connectivity index (χ0n) is 14.5. The van der Waals surface area contributed by atoms with Crippen molar-refractivity contribution in [2.75, 3.05) is 20.3 Å². The Bertz CT molecular complexity index is 705. The molecule has 0 aromatic heterocycles. The molecule has 134 valence electrons. The van der Waals surface area contributed by atoms with Gasteiger partial charge in [-0.1, -0.05) is 24.3 Å². The number of rotatable bonds is 5. The van der Waals surface area contributed by atoms with Gasteiger partial charge in [-0.15, -0.1) is 0 Å². The van der Waals surface area contributed by atoms with E-state index in [1.165, 1.54) is 0 Å². The fraction of sp³-hybridized carbons (Fsp3) is 0.500. The minimum Gasteiger partial charge on any atom is -0.383 e. The molecule has 1 aromatic carbocycles. The highest BCUT2D eigenvalue weighted by atomic mass is 16.5. The molecule has 7 nitrogen and oxygen atoms in total. The van der Waals surface area contributed by atoms with Crippen molar-refractivity contribution in [2.45, 2.75) is 37.8 Å². The van der Waals surface area contributed by atoms with E-state index in [-0.39, 0.29) is 24.4 Å². The number of ether oxygens (including phenoxy) is 1. The molecule has 2 atom stereocenters. The van der Waals surface area contributed by atoms with Crippen LogP contribution in [0, 0.1) is 0 Å². The highest BCUT2D eigenvalue weighted by Crippen LogP contribution is 2.39. The van der Waals surface area contributed by atoms with Crippen LogP contribution in [-0.4, -0.2) is 49.0 Å². The summed E-state index contributed by atoms with van der Waals surface area (Å²) >= 11 is 0. The van der Waals surface area contributed by atoms with Crippen LogP contribution in [0.3, 0.4) is 0 Å². The maximum atomic E-state index is 13.0. The molecule has 1 aliphatic heterocycles. The summed E-state index contributed by atoms with van der Waals surface area (Å²) in [7, 11) is 1.55. The van der Waals surface area contributed by atoms with Gasteiger partial charge in [0.2, 0.25) is 5.91 Å². The number of carbonyl (C=O) groups is 3. The second-order valence-corrected chi connectivity index (χ2v) is 6.66. The molecule has 0 unspecified atom stereocenters. The van der Waals surface area contributed by atoms with E-state index in [0.717, 1.165) is 28.9 Å². The molecule has 1 heterocycles. The first-order valence-electron chi connectivity index (χ1n) is 8.49. The van der Waals surface area contributed by atoms with Crippen LogP contribution in [0.4, 0.5) is 4.79 Å². The summed E-state index contributed by atoms with van der Waals surface area (Å²) in [5.41, 5.74) is 0.877. The number of nitrogens with zero attached hydrogens (tertiary/aromatic N) is 1. The van der Waals surface area contributed by atoms with Crippen molar-refractivity contribution in [1.82, 2.24) is 15.5 Å². The quantitative estimate of drug-likeness (QED) is 0.777. The third-order valence-corrected chi connectivity index (χ3v) is 4.78. The molecule has 1 aliphatic carbocycles. The van der Waals surface area contributed by atoms with E-state index < -0.39 is 11.6 Å². The molecule has 1 fully saturated rings. The molecule has 2 aliphatic rings. The summed E-state index contributed by atoms with van der Waals surface area (Å²) in [6, 6.07) is 6.96. The van der Waals surface area contributed by atoms with E-state index >= 15 is 0 Å². The first-order chi connectivity index (χ1) is 12.0. The lowest BCUT2D eigenvalue weighted by molar-refractivity contribution is -0.135. The summed E-state index contributed by atoms with van der Waals surface area (Å²) < 4.78 is 4.97. The standard InChI is InChI=1S/C18H23N3O4/c1-12(11-25-2)19-15(22)10-21-16(23)18(20-17(21)24)9-5-7-13-6-3-4-8-14(13)18/h3-4,6,8,12H,5,7,9-11H2,1-2H3,(H,19,22)(H,20,24)/t12-,18-/m1/s1. The molecule has 1 spiro atoms. The number of hydrogen-bond acceptors (Lipinski definition) is 4. The Morgan fingerprint density at radius 3 is 2.92 bits per heavy atom. The van der Waals surface area contributed by atoms with E-state index in [2.05, 4.69) is 10.6 Å². The molecule has 0 bridgehead atoms. The highest BCUT2D eigenvalue weighted by Gasteiger charge is 2.54. The first kappa shape index (κ1) is 17.4. The fourth-order valence-corrected chi connectivity index (χ4v) is 3.71. The van der Waals surface area contributed by atoms with Crippen LogP contribution in [0.2, 0.25) is 0 Å². The molecule has 7 heteroatoms. The van der Waals surface area contributed by atoms with Crippen LogP contribution in [0.5, 0.6) is 0 Å². The Kier molecular flexibility index (Phi) is 4.76. The van der Waals surface area contributed by atoms with Gasteiger partial charge in [0, 0.05) is 13.2 Å². The van der Waals surface area contributed by atoms with Crippen LogP contribution >= 0.6 is 0 Å². The molecule has 1 saturated heterocycles. The average Bonchev–Trinajstić information content (AvgIpc) is 2.80. The number of hydrogen-bond donors (Lipinski definition) is 2. The summed E-state index contributed by atoms with van der Waals surface area (Å²) in [5.74, 6) is -0.728. The Morgan fingerprint density at radius 1 is 1.40 bits per heavy atom. The van der Waals surface area contributed by atoms with Crippen LogP contribution < -0.4 is 10.6 Å². The van der Waals surface area contributed by atoms with Gasteiger partial charge in [0.1, 0.15) is 12.1 Å². The van der Waals surface area contributed by atoms with Crippen LogP contribution in [0.25, 0.3) is 0 Å². The minimum absolute atomic E-state index is 0.192. The van der Waals surface area contributed by atoms with E-state index in [1.807, 2.05) is 24.3 Å². The maximum absolute atomic E-state index is 13.0. The number of carbonyl (C=O) groups excluding carboxylic acids is 3. The van der Waals surface area contributed by atoms with Gasteiger partial charge in [-0.25, -0.2) is 4.79 Å². The Labute approximate surface area is 146 Å². The number of imide groups is 1. The number of amides is 4. The third-order valence-electron chi connectivity index (χ3n) is 4.78. The van der Waals surface area contributed by atoms with Crippen LogP contribution in [-0.2, 0) is 26.3 Å². The lowest BCUT2D eigenvalue weighted by Gasteiger charge is -2.33. The molecule has 0 saturated carbocycles. The summed E-state index contributed by atoms with van der Waals surface area (Å²) in [6.07, 6.45) is 2.25. The van der Waals surface area contributed by atoms with E-state index in [4.69, 9.17) is 4.74 Å². The summed E-state index contributed by atoms with van der Waals surface area (Å²) in [6.45, 7) is 1.87. The van der Waals surface area contributed by atoms with Crippen molar-refractivity contribution >= 4 is 17.8 Å². The van der Waals surface area contributed by atoms with E-state index in [9.17, 15) is 14.4 Å². The van der Waals surface area contributed by atoms with E-state index in [1.54, 1.807) is 14.0 Å². The van der Waals surface area contributed by atoms with Crippen LogP contribution in [0.15, 0.2) is 24.3 Å². The number of benzene rings is 1. The van der Waals surface area contributed by atoms with Gasteiger partial charge in [-0.2, -0.15) is 0 Å². The second-order valence-electron chi connectivity index (χ2n) is 6.66. The SMILES string of the molecule is COC[C@@H](C)NC(=O)CN1C(=O)N[C@@]2(CCCc3ccccc32)C1=O. The smallest absolute Gasteiger partial charge is 0.325 e. The van der Waals surface area contributed by atoms with Gasteiger partial charge in [0.15, 0.2) is 0 Å². The number of methoxy groups -OCH3 is 1. The Balaban J connectivity index is 1.79. The van der Waals surface area contributed by atoms with Gasteiger partial charge in [-0.05, 0) is 37.3 Å². The summed E-state index contributed by atoms with van der Waals surface area (Å²) in [4.78, 5) is 38.6. The molecular weight excluding hydrogens is 322 g/mol. The molecule has 0 radical (unpaired) electrons. The molecule has 1 aromatic rings. The topological polar surface area (TPSA) is 87.7 Å². The normalized spacial score (nSPS) is 23.4. The van der Waals surface area contributed by atoms with Gasteiger partial charge in [-0.3, -0.25) is 14.5 Å². The zero-order chi connectivity index (χ0) is 18.0. The van der Waals surface area contributed by atoms with Crippen molar-refractivity contribution in [3.63, 3.8) is 0 Å². The van der Waals surface area contributed by atoms with E-state index in [0.29, 0.717) is 13.0 Å². The van der Waals surface area contributed by atoms with Crippen molar-refractivity contribution < 1.29 is 19.1 Å². The Hall–Kier alpha value is -2.41. The van der Waals surface area contributed by atoms with Gasteiger partial charge in [0.05, 0.1) is 6.61 Å². The van der Waals surface area contributed by atoms with Crippen LogP contribution in [0.1, 0.15) is 30.9 Å². The number of urea groups is 1. The van der Waals surface area contributed by atoms with Crippen molar-refractivity contribution in [1.29, 1.82) is 0 Å². The molecular formula is C18H23N3O4. The third kappa shape index (κ3) is 3.11. The average molecular weight is 345 g/mol. The number of fused-ring (bicyclic) bond motifs is 2. The molecule has 3 rings (SSSR count). The summed E-state index contributed by atoms with van der Waals surface area (Å²) in [5, 5.41) is 5.56. The monoisotopic (exact) mass is 345 g/mol. The second kappa shape index (κ2) is 6.84. The highest BCUT2D eigenvalue weighted by molar-refractivity contribution is 6.09. The minimum atomic E-state index is -1.04. The van der Waals surface area contributed by atoms with Gasteiger partial charge >= 0.3 is 6.03 Å². The number of nitrogens with one attached hydrogen (secondary N) is 2. The van der Waals surface area contributed by atoms with Crippen molar-refractivity contribution in [2.24, 2.45) is 0 Å². The van der Waals surface area contributed by atoms with Gasteiger partial charge < -0.3 is 15.4 Å². The van der Waals surface area contributed by atoms with Crippen molar-refractivity contribution in [3.8, 4) is 0 Å². The predicted molar refractivity (Wildman–Crippen MR) is 90.8 cm³/mol. The maximum Gasteiger partial charge on any atom is 0.325 e.